The van der Waals surface area contributed by atoms with Crippen molar-refractivity contribution in [3.8, 4) is 0 Å². The standard InChI is InChI=1S/C7H8BrF2N3/c8-4-2-12-6(13-3-4)1-5(11)7(9)10/h2-3,5,7H,1,11H2. The summed E-state index contributed by atoms with van der Waals surface area (Å²) >= 11 is 3.14. The maximum absolute atomic E-state index is 12.0. The van der Waals surface area contributed by atoms with Gasteiger partial charge in [-0.25, -0.2) is 18.7 Å². The third kappa shape index (κ3) is 3.31. The second-order valence-electron chi connectivity index (χ2n) is 2.52. The summed E-state index contributed by atoms with van der Waals surface area (Å²) in [6, 6.07) is -1.19. The Morgan fingerprint density at radius 2 is 1.92 bits per heavy atom. The summed E-state index contributed by atoms with van der Waals surface area (Å²) in [5.41, 5.74) is 5.14. The SMILES string of the molecule is NC(Cc1ncc(Br)cn1)C(F)F. The predicted octanol–water partition coefficient (Wildman–Crippen LogP) is 1.37. The minimum atomic E-state index is -2.53. The summed E-state index contributed by atoms with van der Waals surface area (Å²) in [6.07, 6.45) is 0.457. The highest BCUT2D eigenvalue weighted by Gasteiger charge is 2.16. The highest BCUT2D eigenvalue weighted by molar-refractivity contribution is 9.10. The highest BCUT2D eigenvalue weighted by atomic mass is 79.9. The van der Waals surface area contributed by atoms with Crippen LogP contribution in [0.25, 0.3) is 0 Å². The zero-order valence-corrected chi connectivity index (χ0v) is 8.21. The van der Waals surface area contributed by atoms with Gasteiger partial charge in [-0.2, -0.15) is 0 Å². The number of nitrogens with zero attached hydrogens (tertiary/aromatic N) is 2. The van der Waals surface area contributed by atoms with Crippen molar-refractivity contribution < 1.29 is 8.78 Å². The summed E-state index contributed by atoms with van der Waals surface area (Å²) in [5.74, 6) is 0.330. The van der Waals surface area contributed by atoms with Crippen molar-refractivity contribution in [2.45, 2.75) is 18.9 Å². The van der Waals surface area contributed by atoms with Crippen LogP contribution in [0.2, 0.25) is 0 Å². The first-order chi connectivity index (χ1) is 6.09. The molecule has 0 spiro atoms. The molecule has 3 nitrogen and oxygen atoms in total. The topological polar surface area (TPSA) is 51.8 Å². The van der Waals surface area contributed by atoms with Crippen LogP contribution in [0.3, 0.4) is 0 Å². The molecule has 1 rings (SSSR count). The molecule has 0 aliphatic carbocycles. The van der Waals surface area contributed by atoms with Crippen LogP contribution in [-0.2, 0) is 6.42 Å². The van der Waals surface area contributed by atoms with Crippen molar-refractivity contribution in [3.05, 3.63) is 22.7 Å². The molecule has 0 saturated carbocycles. The fourth-order valence-electron chi connectivity index (χ4n) is 0.744. The molecule has 1 aromatic heterocycles. The Morgan fingerprint density at radius 3 is 2.38 bits per heavy atom. The molecule has 0 aliphatic heterocycles. The Morgan fingerprint density at radius 1 is 1.38 bits per heavy atom. The first kappa shape index (κ1) is 10.5. The first-order valence-corrected chi connectivity index (χ1v) is 4.39. The summed E-state index contributed by atoms with van der Waals surface area (Å²) in [5, 5.41) is 0. The molecule has 0 radical (unpaired) electrons. The smallest absolute Gasteiger partial charge is 0.253 e. The van der Waals surface area contributed by atoms with E-state index in [9.17, 15) is 8.78 Å². The van der Waals surface area contributed by atoms with E-state index in [0.29, 0.717) is 10.3 Å². The van der Waals surface area contributed by atoms with Crippen molar-refractivity contribution in [1.82, 2.24) is 9.97 Å². The van der Waals surface area contributed by atoms with E-state index in [1.54, 1.807) is 0 Å². The lowest BCUT2D eigenvalue weighted by Gasteiger charge is -2.08. The molecular weight excluding hydrogens is 244 g/mol. The average molecular weight is 252 g/mol. The van der Waals surface area contributed by atoms with E-state index < -0.39 is 12.5 Å². The van der Waals surface area contributed by atoms with Crippen molar-refractivity contribution in [2.75, 3.05) is 0 Å². The van der Waals surface area contributed by atoms with E-state index in [4.69, 9.17) is 5.73 Å². The van der Waals surface area contributed by atoms with Crippen LogP contribution in [0.4, 0.5) is 8.78 Å². The van der Waals surface area contributed by atoms with Crippen LogP contribution >= 0.6 is 15.9 Å². The molecule has 0 aliphatic rings. The first-order valence-electron chi connectivity index (χ1n) is 3.59. The normalized spacial score (nSPS) is 13.3. The van der Waals surface area contributed by atoms with Crippen LogP contribution in [0.1, 0.15) is 5.82 Å². The van der Waals surface area contributed by atoms with Crippen molar-refractivity contribution >= 4 is 15.9 Å². The molecule has 2 N–H and O–H groups in total. The molecule has 0 aromatic carbocycles. The van der Waals surface area contributed by atoms with Gasteiger partial charge in [-0.1, -0.05) is 0 Å². The lowest BCUT2D eigenvalue weighted by molar-refractivity contribution is 0.115. The molecule has 1 heterocycles. The van der Waals surface area contributed by atoms with Gasteiger partial charge in [0.25, 0.3) is 6.43 Å². The quantitative estimate of drug-likeness (QED) is 0.883. The minimum Gasteiger partial charge on any atom is -0.323 e. The Hall–Kier alpha value is -0.620. The number of halogens is 3. The molecule has 0 saturated heterocycles. The van der Waals surface area contributed by atoms with E-state index >= 15 is 0 Å². The maximum atomic E-state index is 12.0. The van der Waals surface area contributed by atoms with Gasteiger partial charge in [-0.05, 0) is 15.9 Å². The summed E-state index contributed by atoms with van der Waals surface area (Å²) < 4.78 is 24.7. The second-order valence-corrected chi connectivity index (χ2v) is 3.44. The maximum Gasteiger partial charge on any atom is 0.253 e. The second kappa shape index (κ2) is 4.57. The number of alkyl halides is 2. The molecule has 0 bridgehead atoms. The average Bonchev–Trinajstić information content (AvgIpc) is 2.08. The zero-order valence-electron chi connectivity index (χ0n) is 6.62. The molecule has 13 heavy (non-hydrogen) atoms. The number of rotatable bonds is 3. The molecular formula is C7H8BrF2N3. The van der Waals surface area contributed by atoms with Gasteiger partial charge in [0.2, 0.25) is 0 Å². The van der Waals surface area contributed by atoms with E-state index in [1.165, 1.54) is 12.4 Å². The van der Waals surface area contributed by atoms with Crippen LogP contribution in [-0.4, -0.2) is 22.4 Å². The van der Waals surface area contributed by atoms with Crippen molar-refractivity contribution in [2.24, 2.45) is 5.73 Å². The molecule has 1 aromatic rings. The minimum absolute atomic E-state index is 0.00898. The molecule has 1 unspecified atom stereocenters. The van der Waals surface area contributed by atoms with Gasteiger partial charge in [0.1, 0.15) is 5.82 Å². The Bertz CT molecular complexity index is 265. The molecule has 1 atom stereocenters. The Kier molecular flexibility index (Phi) is 3.68. The molecule has 72 valence electrons. The molecule has 6 heteroatoms. The Balaban J connectivity index is 2.59. The van der Waals surface area contributed by atoms with Gasteiger partial charge in [0, 0.05) is 18.8 Å². The fraction of sp³-hybridized carbons (Fsp3) is 0.429. The number of hydrogen-bond acceptors (Lipinski definition) is 3. The van der Waals surface area contributed by atoms with Gasteiger partial charge in [0.15, 0.2) is 0 Å². The highest BCUT2D eigenvalue weighted by Crippen LogP contribution is 2.07. The lowest BCUT2D eigenvalue weighted by Crippen LogP contribution is -2.31. The summed E-state index contributed by atoms with van der Waals surface area (Å²) in [4.78, 5) is 7.66. The van der Waals surface area contributed by atoms with E-state index in [2.05, 4.69) is 25.9 Å². The van der Waals surface area contributed by atoms with Crippen molar-refractivity contribution in [1.29, 1.82) is 0 Å². The zero-order chi connectivity index (χ0) is 9.84. The van der Waals surface area contributed by atoms with E-state index in [-0.39, 0.29) is 6.42 Å². The summed E-state index contributed by atoms with van der Waals surface area (Å²) in [6.45, 7) is 0. The number of aromatic nitrogens is 2. The molecule has 0 amide bonds. The third-order valence-electron chi connectivity index (χ3n) is 1.42. The van der Waals surface area contributed by atoms with Crippen LogP contribution < -0.4 is 5.73 Å². The van der Waals surface area contributed by atoms with Crippen molar-refractivity contribution in [3.63, 3.8) is 0 Å². The van der Waals surface area contributed by atoms with Gasteiger partial charge < -0.3 is 5.73 Å². The van der Waals surface area contributed by atoms with Crippen LogP contribution in [0, 0.1) is 0 Å². The predicted molar refractivity (Wildman–Crippen MR) is 47.4 cm³/mol. The lowest BCUT2D eigenvalue weighted by atomic mass is 10.2. The number of nitrogens with two attached hydrogens (primary N) is 1. The van der Waals surface area contributed by atoms with E-state index in [1.807, 2.05) is 0 Å². The summed E-state index contributed by atoms with van der Waals surface area (Å²) in [7, 11) is 0. The number of hydrogen-bond donors (Lipinski definition) is 1. The van der Waals surface area contributed by atoms with E-state index in [0.717, 1.165) is 0 Å². The molecule has 0 fully saturated rings. The van der Waals surface area contributed by atoms with Gasteiger partial charge in [-0.3, -0.25) is 0 Å². The monoisotopic (exact) mass is 251 g/mol. The third-order valence-corrected chi connectivity index (χ3v) is 1.83. The van der Waals surface area contributed by atoms with Gasteiger partial charge >= 0.3 is 0 Å². The van der Waals surface area contributed by atoms with Gasteiger partial charge in [-0.15, -0.1) is 0 Å². The fourth-order valence-corrected chi connectivity index (χ4v) is 0.949. The van der Waals surface area contributed by atoms with Crippen LogP contribution in [0.15, 0.2) is 16.9 Å². The van der Waals surface area contributed by atoms with Crippen LogP contribution in [0.5, 0.6) is 0 Å². The van der Waals surface area contributed by atoms with Gasteiger partial charge in [0.05, 0.1) is 10.5 Å². The largest absolute Gasteiger partial charge is 0.323 e. The Labute approximate surface area is 82.5 Å².